The first-order valence-corrected chi connectivity index (χ1v) is 7.99. The summed E-state index contributed by atoms with van der Waals surface area (Å²) in [7, 11) is 0. The summed E-state index contributed by atoms with van der Waals surface area (Å²) in [5.41, 5.74) is 0.912. The molecule has 0 aliphatic heterocycles. The summed E-state index contributed by atoms with van der Waals surface area (Å²) in [5, 5.41) is 3.84. The third-order valence-electron chi connectivity index (χ3n) is 3.02. The highest BCUT2D eigenvalue weighted by molar-refractivity contribution is 7.16. The Kier molecular flexibility index (Phi) is 5.35. The molecule has 0 radical (unpaired) electrons. The second-order valence-corrected chi connectivity index (χ2v) is 5.70. The minimum atomic E-state index is 0.0119. The molecule has 5 heteroatoms. The Labute approximate surface area is 123 Å². The van der Waals surface area contributed by atoms with Crippen molar-refractivity contribution in [2.24, 2.45) is 0 Å². The minimum Gasteiger partial charge on any atom is -0.351 e. The van der Waals surface area contributed by atoms with Crippen molar-refractivity contribution in [2.45, 2.75) is 39.5 Å². The van der Waals surface area contributed by atoms with Gasteiger partial charge in [0.2, 0.25) is 0 Å². The number of aryl methyl sites for hydroxylation is 1. The largest absolute Gasteiger partial charge is 0.351 e. The standard InChI is InChI=1S/C15H21N3OS/c1-3-5-9-16-14(19)13-12(8-4-2)17-15(20-13)18-10-6-7-11-18/h6-7,10-11H,3-5,8-9H2,1-2H3,(H,16,19). The number of aromatic nitrogens is 2. The molecule has 0 unspecified atom stereocenters. The van der Waals surface area contributed by atoms with Crippen LogP contribution in [-0.4, -0.2) is 22.0 Å². The van der Waals surface area contributed by atoms with E-state index in [1.807, 2.05) is 29.1 Å². The fraction of sp³-hybridized carbons (Fsp3) is 0.467. The van der Waals surface area contributed by atoms with Crippen molar-refractivity contribution in [3.8, 4) is 5.13 Å². The zero-order valence-corrected chi connectivity index (χ0v) is 12.9. The molecule has 0 aromatic carbocycles. The zero-order valence-electron chi connectivity index (χ0n) is 12.1. The smallest absolute Gasteiger partial charge is 0.263 e. The molecular formula is C15H21N3OS. The molecule has 1 N–H and O–H groups in total. The van der Waals surface area contributed by atoms with Crippen LogP contribution in [0.25, 0.3) is 5.13 Å². The van der Waals surface area contributed by atoms with E-state index >= 15 is 0 Å². The normalized spacial score (nSPS) is 10.7. The number of nitrogens with zero attached hydrogens (tertiary/aromatic N) is 2. The monoisotopic (exact) mass is 291 g/mol. The van der Waals surface area contributed by atoms with Gasteiger partial charge in [-0.05, 0) is 25.0 Å². The summed E-state index contributed by atoms with van der Waals surface area (Å²) < 4.78 is 1.95. The number of thiazole rings is 1. The number of hydrogen-bond donors (Lipinski definition) is 1. The Morgan fingerprint density at radius 1 is 1.30 bits per heavy atom. The van der Waals surface area contributed by atoms with Crippen molar-refractivity contribution < 1.29 is 4.79 Å². The molecule has 2 aromatic rings. The third kappa shape index (κ3) is 3.48. The van der Waals surface area contributed by atoms with E-state index in [2.05, 4.69) is 24.1 Å². The first-order chi connectivity index (χ1) is 9.76. The maximum Gasteiger partial charge on any atom is 0.263 e. The first kappa shape index (κ1) is 14.8. The van der Waals surface area contributed by atoms with Gasteiger partial charge in [-0.15, -0.1) is 0 Å². The zero-order chi connectivity index (χ0) is 14.4. The number of rotatable bonds is 7. The van der Waals surface area contributed by atoms with E-state index in [-0.39, 0.29) is 5.91 Å². The van der Waals surface area contributed by atoms with Gasteiger partial charge in [0.15, 0.2) is 5.13 Å². The van der Waals surface area contributed by atoms with Gasteiger partial charge < -0.3 is 9.88 Å². The minimum absolute atomic E-state index is 0.0119. The Balaban J connectivity index is 2.19. The Morgan fingerprint density at radius 2 is 2.05 bits per heavy atom. The van der Waals surface area contributed by atoms with Gasteiger partial charge in [0.05, 0.1) is 5.69 Å². The molecule has 108 valence electrons. The van der Waals surface area contributed by atoms with Crippen molar-refractivity contribution in [2.75, 3.05) is 6.54 Å². The van der Waals surface area contributed by atoms with E-state index in [0.717, 1.165) is 47.9 Å². The van der Waals surface area contributed by atoms with Crippen LogP contribution in [0, 0.1) is 0 Å². The molecule has 20 heavy (non-hydrogen) atoms. The Morgan fingerprint density at radius 3 is 2.70 bits per heavy atom. The van der Waals surface area contributed by atoms with E-state index in [1.165, 1.54) is 11.3 Å². The van der Waals surface area contributed by atoms with Crippen LogP contribution >= 0.6 is 11.3 Å². The van der Waals surface area contributed by atoms with Crippen LogP contribution in [0.1, 0.15) is 48.5 Å². The Hall–Kier alpha value is -1.62. The molecule has 0 spiro atoms. The van der Waals surface area contributed by atoms with Gasteiger partial charge in [-0.1, -0.05) is 38.0 Å². The van der Waals surface area contributed by atoms with Crippen LogP contribution < -0.4 is 5.32 Å². The summed E-state index contributed by atoms with van der Waals surface area (Å²) in [6, 6.07) is 3.92. The summed E-state index contributed by atoms with van der Waals surface area (Å²) >= 11 is 1.46. The van der Waals surface area contributed by atoms with Crippen molar-refractivity contribution in [3.05, 3.63) is 35.1 Å². The quantitative estimate of drug-likeness (QED) is 0.795. The van der Waals surface area contributed by atoms with Crippen molar-refractivity contribution >= 4 is 17.2 Å². The van der Waals surface area contributed by atoms with Crippen molar-refractivity contribution in [1.82, 2.24) is 14.9 Å². The van der Waals surface area contributed by atoms with E-state index in [0.29, 0.717) is 0 Å². The van der Waals surface area contributed by atoms with Crippen LogP contribution in [0.2, 0.25) is 0 Å². The van der Waals surface area contributed by atoms with E-state index in [9.17, 15) is 4.79 Å². The van der Waals surface area contributed by atoms with Gasteiger partial charge in [0, 0.05) is 18.9 Å². The number of amides is 1. The lowest BCUT2D eigenvalue weighted by atomic mass is 10.2. The molecule has 0 saturated carbocycles. The summed E-state index contributed by atoms with van der Waals surface area (Å²) in [4.78, 5) is 17.6. The van der Waals surface area contributed by atoms with E-state index in [1.54, 1.807) is 0 Å². The highest BCUT2D eigenvalue weighted by atomic mass is 32.1. The molecule has 1 amide bonds. The maximum atomic E-state index is 12.2. The fourth-order valence-electron chi connectivity index (χ4n) is 1.95. The maximum absolute atomic E-state index is 12.2. The SMILES string of the molecule is CCCCNC(=O)c1sc(-n2cccc2)nc1CCC. The molecule has 2 aromatic heterocycles. The number of carbonyl (C=O) groups excluding carboxylic acids is 1. The number of hydrogen-bond acceptors (Lipinski definition) is 3. The van der Waals surface area contributed by atoms with Crippen molar-refractivity contribution in [1.29, 1.82) is 0 Å². The molecule has 4 nitrogen and oxygen atoms in total. The number of nitrogens with one attached hydrogen (secondary N) is 1. The Bertz CT molecular complexity index is 545. The summed E-state index contributed by atoms with van der Waals surface area (Å²) in [6.45, 7) is 4.95. The first-order valence-electron chi connectivity index (χ1n) is 7.17. The highest BCUT2D eigenvalue weighted by Gasteiger charge is 2.17. The van der Waals surface area contributed by atoms with Crippen molar-refractivity contribution in [3.63, 3.8) is 0 Å². The average Bonchev–Trinajstić information content (AvgIpc) is 3.07. The molecule has 0 bridgehead atoms. The molecule has 0 aliphatic carbocycles. The molecule has 0 saturated heterocycles. The average molecular weight is 291 g/mol. The lowest BCUT2D eigenvalue weighted by molar-refractivity contribution is 0.0956. The van der Waals surface area contributed by atoms with Gasteiger partial charge in [-0.2, -0.15) is 0 Å². The molecule has 0 atom stereocenters. The predicted octanol–water partition coefficient (Wildman–Crippen LogP) is 3.42. The molecular weight excluding hydrogens is 270 g/mol. The molecule has 2 heterocycles. The fourth-order valence-corrected chi connectivity index (χ4v) is 2.95. The van der Waals surface area contributed by atoms with Crippen LogP contribution in [0.4, 0.5) is 0 Å². The lowest BCUT2D eigenvalue weighted by Crippen LogP contribution is -2.24. The van der Waals surface area contributed by atoms with Crippen LogP contribution in [-0.2, 0) is 6.42 Å². The van der Waals surface area contributed by atoms with E-state index < -0.39 is 0 Å². The summed E-state index contributed by atoms with van der Waals surface area (Å²) in [5.74, 6) is 0.0119. The number of carbonyl (C=O) groups is 1. The predicted molar refractivity (Wildman–Crippen MR) is 82.7 cm³/mol. The van der Waals surface area contributed by atoms with Gasteiger partial charge in [0.25, 0.3) is 5.91 Å². The van der Waals surface area contributed by atoms with Crippen LogP contribution in [0.5, 0.6) is 0 Å². The van der Waals surface area contributed by atoms with Gasteiger partial charge in [0.1, 0.15) is 4.88 Å². The van der Waals surface area contributed by atoms with Gasteiger partial charge in [-0.25, -0.2) is 4.98 Å². The second-order valence-electron chi connectivity index (χ2n) is 4.72. The second kappa shape index (κ2) is 7.24. The van der Waals surface area contributed by atoms with Gasteiger partial charge in [-0.3, -0.25) is 4.79 Å². The summed E-state index contributed by atoms with van der Waals surface area (Å²) in [6.07, 6.45) is 7.83. The lowest BCUT2D eigenvalue weighted by Gasteiger charge is -2.03. The molecule has 2 rings (SSSR count). The highest BCUT2D eigenvalue weighted by Crippen LogP contribution is 2.23. The van der Waals surface area contributed by atoms with Crippen LogP contribution in [0.3, 0.4) is 0 Å². The molecule has 0 fully saturated rings. The molecule has 0 aliphatic rings. The topological polar surface area (TPSA) is 46.9 Å². The van der Waals surface area contributed by atoms with E-state index in [4.69, 9.17) is 0 Å². The number of unbranched alkanes of at least 4 members (excludes halogenated alkanes) is 1. The van der Waals surface area contributed by atoms with Crippen LogP contribution in [0.15, 0.2) is 24.5 Å². The third-order valence-corrected chi connectivity index (χ3v) is 4.13. The van der Waals surface area contributed by atoms with Gasteiger partial charge >= 0.3 is 0 Å².